The van der Waals surface area contributed by atoms with Gasteiger partial charge in [-0.1, -0.05) is 29.3 Å². The van der Waals surface area contributed by atoms with Crippen molar-refractivity contribution in [3.63, 3.8) is 0 Å². The van der Waals surface area contributed by atoms with Crippen LogP contribution in [0.15, 0.2) is 70.7 Å². The van der Waals surface area contributed by atoms with E-state index in [1.54, 1.807) is 0 Å². The first kappa shape index (κ1) is 18.9. The van der Waals surface area contributed by atoms with Crippen LogP contribution in [0.4, 0.5) is 5.69 Å². The lowest BCUT2D eigenvalue weighted by molar-refractivity contribution is -0.115. The van der Waals surface area contributed by atoms with Crippen LogP contribution in [0, 0.1) is 6.92 Å². The highest BCUT2D eigenvalue weighted by Gasteiger charge is 2.24. The maximum absolute atomic E-state index is 12.4. The molecule has 1 amide bonds. The molecule has 1 aliphatic heterocycles. The quantitative estimate of drug-likeness (QED) is 0.522. The minimum absolute atomic E-state index is 0.174. The molecule has 0 bridgehead atoms. The predicted octanol–water partition coefficient (Wildman–Crippen LogP) is 5.98. The number of amides is 1. The van der Waals surface area contributed by atoms with Gasteiger partial charge in [0.05, 0.1) is 10.6 Å². The zero-order valence-corrected chi connectivity index (χ0v) is 17.1. The van der Waals surface area contributed by atoms with Gasteiger partial charge < -0.3 is 9.88 Å². The molecule has 1 saturated heterocycles. The molecule has 1 aromatic heterocycles. The summed E-state index contributed by atoms with van der Waals surface area (Å²) in [6.45, 7) is 1.90. The van der Waals surface area contributed by atoms with Gasteiger partial charge in [0.2, 0.25) is 0 Å². The molecule has 0 atom stereocenters. The summed E-state index contributed by atoms with van der Waals surface area (Å²) in [6, 6.07) is 16.9. The van der Waals surface area contributed by atoms with E-state index in [1.807, 2.05) is 78.4 Å². The highest BCUT2D eigenvalue weighted by atomic mass is 35.5. The Bertz CT molecular complexity index is 1120. The Morgan fingerprint density at radius 2 is 1.86 bits per heavy atom. The van der Waals surface area contributed by atoms with Crippen molar-refractivity contribution >= 4 is 57.8 Å². The Hall–Kier alpha value is -2.47. The third-order valence-electron chi connectivity index (χ3n) is 4.28. The number of nitrogens with one attached hydrogen (secondary N) is 1. The average molecular weight is 428 g/mol. The number of hydrogen-bond donors (Lipinski definition) is 1. The summed E-state index contributed by atoms with van der Waals surface area (Å²) >= 11 is 13.4. The van der Waals surface area contributed by atoms with Crippen molar-refractivity contribution < 1.29 is 4.79 Å². The van der Waals surface area contributed by atoms with Crippen LogP contribution in [0.1, 0.15) is 11.3 Å². The van der Waals surface area contributed by atoms with E-state index in [-0.39, 0.29) is 5.91 Å². The van der Waals surface area contributed by atoms with Gasteiger partial charge in [0.15, 0.2) is 5.17 Å². The second-order valence-electron chi connectivity index (χ2n) is 6.15. The molecule has 140 valence electrons. The molecule has 7 heteroatoms. The van der Waals surface area contributed by atoms with E-state index in [0.717, 1.165) is 22.6 Å². The van der Waals surface area contributed by atoms with Crippen molar-refractivity contribution in [1.29, 1.82) is 0 Å². The number of thioether (sulfide) groups is 1. The molecule has 2 heterocycles. The van der Waals surface area contributed by atoms with Crippen molar-refractivity contribution in [3.05, 3.63) is 87.0 Å². The molecule has 0 aliphatic carbocycles. The first-order chi connectivity index (χ1) is 13.5. The number of carbonyl (C=O) groups excluding carboxylic acids is 1. The molecule has 0 saturated carbocycles. The van der Waals surface area contributed by atoms with E-state index in [2.05, 4.69) is 10.3 Å². The maximum atomic E-state index is 12.4. The fourth-order valence-corrected chi connectivity index (χ4v) is 3.90. The molecule has 4 nitrogen and oxygen atoms in total. The molecule has 4 rings (SSSR count). The number of carbonyl (C=O) groups is 1. The Morgan fingerprint density at radius 1 is 1.07 bits per heavy atom. The molecule has 0 radical (unpaired) electrons. The lowest BCUT2D eigenvalue weighted by atomic mass is 10.2. The van der Waals surface area contributed by atoms with Crippen LogP contribution in [-0.4, -0.2) is 15.6 Å². The van der Waals surface area contributed by atoms with E-state index < -0.39 is 0 Å². The van der Waals surface area contributed by atoms with E-state index in [0.29, 0.717) is 20.1 Å². The van der Waals surface area contributed by atoms with E-state index in [4.69, 9.17) is 23.2 Å². The molecule has 0 spiro atoms. The lowest BCUT2D eigenvalue weighted by Crippen LogP contribution is -2.19. The number of aliphatic imine (C=N–C) groups is 1. The van der Waals surface area contributed by atoms with Crippen molar-refractivity contribution in [1.82, 2.24) is 9.88 Å². The summed E-state index contributed by atoms with van der Waals surface area (Å²) in [6.07, 6.45) is 3.79. The normalized spacial score (nSPS) is 16.8. The fraction of sp³-hybridized carbons (Fsp3) is 0.0476. The van der Waals surface area contributed by atoms with Gasteiger partial charge in [-0.25, -0.2) is 4.99 Å². The average Bonchev–Trinajstić information content (AvgIpc) is 3.27. The molecule has 1 aliphatic rings. The van der Waals surface area contributed by atoms with Crippen molar-refractivity contribution in [3.8, 4) is 5.69 Å². The zero-order chi connectivity index (χ0) is 19.7. The van der Waals surface area contributed by atoms with Crippen LogP contribution in [-0.2, 0) is 4.79 Å². The van der Waals surface area contributed by atoms with Crippen LogP contribution in [0.3, 0.4) is 0 Å². The van der Waals surface area contributed by atoms with Gasteiger partial charge in [-0.05, 0) is 78.9 Å². The second kappa shape index (κ2) is 7.87. The SMILES string of the molecule is Cc1c(Cl)cccc1N=C1NC(=O)/C(=C\c2cccn2-c2ccc(Cl)cc2)S1. The first-order valence-electron chi connectivity index (χ1n) is 8.49. The van der Waals surface area contributed by atoms with Crippen LogP contribution in [0.5, 0.6) is 0 Å². The molecular weight excluding hydrogens is 413 g/mol. The molecule has 1 fully saturated rings. The lowest BCUT2D eigenvalue weighted by Gasteiger charge is -2.06. The minimum atomic E-state index is -0.174. The van der Waals surface area contributed by atoms with Crippen molar-refractivity contribution in [2.24, 2.45) is 4.99 Å². The largest absolute Gasteiger partial charge is 0.317 e. The van der Waals surface area contributed by atoms with E-state index in [1.165, 1.54) is 11.8 Å². The van der Waals surface area contributed by atoms with Crippen LogP contribution in [0.2, 0.25) is 10.0 Å². The molecule has 28 heavy (non-hydrogen) atoms. The Balaban J connectivity index is 1.63. The van der Waals surface area contributed by atoms with Gasteiger partial charge in [-0.15, -0.1) is 0 Å². The van der Waals surface area contributed by atoms with Gasteiger partial charge in [0.1, 0.15) is 0 Å². The van der Waals surface area contributed by atoms with Crippen molar-refractivity contribution in [2.45, 2.75) is 6.92 Å². The number of rotatable bonds is 3. The van der Waals surface area contributed by atoms with E-state index in [9.17, 15) is 4.79 Å². The standard InChI is InChI=1S/C21H15Cl2N3OS/c1-13-17(23)5-2-6-18(13)24-21-25-20(27)19(28-21)12-16-4-3-11-26(16)15-9-7-14(22)8-10-15/h2-12H,1H3,(H,24,25,27)/b19-12+. The third kappa shape index (κ3) is 3.87. The van der Waals surface area contributed by atoms with Gasteiger partial charge in [-0.3, -0.25) is 4.79 Å². The van der Waals surface area contributed by atoms with Crippen LogP contribution < -0.4 is 5.32 Å². The number of nitrogens with zero attached hydrogens (tertiary/aromatic N) is 2. The molecule has 1 N–H and O–H groups in total. The summed E-state index contributed by atoms with van der Waals surface area (Å²) < 4.78 is 1.99. The molecule has 3 aromatic rings. The molecular formula is C21H15Cl2N3OS. The fourth-order valence-electron chi connectivity index (χ4n) is 2.79. The summed E-state index contributed by atoms with van der Waals surface area (Å²) in [5.74, 6) is -0.174. The Labute approximate surface area is 176 Å². The topological polar surface area (TPSA) is 46.4 Å². The Kier molecular flexibility index (Phi) is 5.31. The zero-order valence-electron chi connectivity index (χ0n) is 14.8. The minimum Gasteiger partial charge on any atom is -0.317 e. The predicted molar refractivity (Wildman–Crippen MR) is 118 cm³/mol. The summed E-state index contributed by atoms with van der Waals surface area (Å²) in [7, 11) is 0. The monoisotopic (exact) mass is 427 g/mol. The smallest absolute Gasteiger partial charge is 0.264 e. The summed E-state index contributed by atoms with van der Waals surface area (Å²) in [5, 5.41) is 4.67. The highest BCUT2D eigenvalue weighted by Crippen LogP contribution is 2.31. The molecule has 0 unspecified atom stereocenters. The van der Waals surface area contributed by atoms with Gasteiger partial charge in [0, 0.05) is 27.6 Å². The first-order valence-corrected chi connectivity index (χ1v) is 10.1. The highest BCUT2D eigenvalue weighted by molar-refractivity contribution is 8.18. The number of halogens is 2. The number of amidine groups is 1. The number of hydrogen-bond acceptors (Lipinski definition) is 3. The summed E-state index contributed by atoms with van der Waals surface area (Å²) in [4.78, 5) is 17.5. The van der Waals surface area contributed by atoms with Crippen LogP contribution in [0.25, 0.3) is 11.8 Å². The van der Waals surface area contributed by atoms with E-state index >= 15 is 0 Å². The van der Waals surface area contributed by atoms with Crippen LogP contribution >= 0.6 is 35.0 Å². The van der Waals surface area contributed by atoms with Gasteiger partial charge >= 0.3 is 0 Å². The Morgan fingerprint density at radius 3 is 2.64 bits per heavy atom. The number of aromatic nitrogens is 1. The van der Waals surface area contributed by atoms with Gasteiger partial charge in [0.25, 0.3) is 5.91 Å². The van der Waals surface area contributed by atoms with Crippen molar-refractivity contribution in [2.75, 3.05) is 0 Å². The van der Waals surface area contributed by atoms with Gasteiger partial charge in [-0.2, -0.15) is 0 Å². The third-order valence-corrected chi connectivity index (χ3v) is 5.85. The number of benzene rings is 2. The summed E-state index contributed by atoms with van der Waals surface area (Å²) in [5.41, 5.74) is 3.47. The maximum Gasteiger partial charge on any atom is 0.264 e. The molecule has 2 aromatic carbocycles. The second-order valence-corrected chi connectivity index (χ2v) is 8.02.